The number of aromatic nitrogens is 3. The molecular weight excluding hydrogens is 178 g/mol. The summed E-state index contributed by atoms with van der Waals surface area (Å²) in [5.41, 5.74) is 0. The highest BCUT2D eigenvalue weighted by Gasteiger charge is 2.29. The average molecular weight is 187 g/mol. The number of H-pyrrole nitrogens is 1. The van der Waals surface area contributed by atoms with Crippen LogP contribution >= 0.6 is 11.8 Å². The second-order valence-corrected chi connectivity index (χ2v) is 4.32. The quantitative estimate of drug-likeness (QED) is 0.683. The molecule has 0 amide bonds. The van der Waals surface area contributed by atoms with E-state index in [9.17, 15) is 4.79 Å². The number of carboxylic acids is 1. The molecule has 0 bridgehead atoms. The first kappa shape index (κ1) is 9.05. The van der Waals surface area contributed by atoms with E-state index in [-0.39, 0.29) is 0 Å². The van der Waals surface area contributed by atoms with Crippen LogP contribution in [-0.2, 0) is 4.79 Å². The van der Waals surface area contributed by atoms with Gasteiger partial charge in [-0.1, -0.05) is 11.8 Å². The van der Waals surface area contributed by atoms with Gasteiger partial charge in [0, 0.05) is 0 Å². The van der Waals surface area contributed by atoms with E-state index >= 15 is 0 Å². The van der Waals surface area contributed by atoms with Crippen LogP contribution in [0, 0.1) is 0 Å². The minimum atomic E-state index is -0.875. The summed E-state index contributed by atoms with van der Waals surface area (Å²) in [7, 11) is 0. The number of hydrogen-bond donors (Lipinski definition) is 2. The van der Waals surface area contributed by atoms with Crippen LogP contribution in [-0.4, -0.2) is 31.0 Å². The van der Waals surface area contributed by atoms with Crippen molar-refractivity contribution in [1.82, 2.24) is 15.2 Å². The van der Waals surface area contributed by atoms with Gasteiger partial charge in [-0.25, -0.2) is 4.98 Å². The number of thioether (sulfide) groups is 1. The molecule has 0 unspecified atom stereocenters. The Labute approximate surface area is 73.6 Å². The van der Waals surface area contributed by atoms with Gasteiger partial charge in [0.1, 0.15) is 11.1 Å². The number of aromatic amines is 1. The van der Waals surface area contributed by atoms with Gasteiger partial charge in [0.15, 0.2) is 5.16 Å². The lowest BCUT2D eigenvalue weighted by atomic mass is 10.2. The molecule has 1 aromatic heterocycles. The van der Waals surface area contributed by atoms with Crippen LogP contribution < -0.4 is 0 Å². The van der Waals surface area contributed by atoms with Gasteiger partial charge in [0.25, 0.3) is 0 Å². The summed E-state index contributed by atoms with van der Waals surface area (Å²) in [5.74, 6) is -0.871. The van der Waals surface area contributed by atoms with Crippen molar-refractivity contribution in [3.05, 3.63) is 6.33 Å². The van der Waals surface area contributed by atoms with E-state index in [2.05, 4.69) is 15.2 Å². The lowest BCUT2D eigenvalue weighted by Crippen LogP contribution is -2.27. The number of nitrogens with one attached hydrogen (secondary N) is 1. The second kappa shape index (κ2) is 3.14. The van der Waals surface area contributed by atoms with Crippen molar-refractivity contribution in [2.75, 3.05) is 0 Å². The zero-order valence-electron chi connectivity index (χ0n) is 6.74. The maximum Gasteiger partial charge on any atom is 0.319 e. The summed E-state index contributed by atoms with van der Waals surface area (Å²) >= 11 is 1.13. The van der Waals surface area contributed by atoms with Crippen molar-refractivity contribution < 1.29 is 9.90 Å². The van der Waals surface area contributed by atoms with Gasteiger partial charge in [0.05, 0.1) is 0 Å². The molecule has 0 atom stereocenters. The minimum Gasteiger partial charge on any atom is -0.480 e. The van der Waals surface area contributed by atoms with E-state index in [1.165, 1.54) is 6.33 Å². The van der Waals surface area contributed by atoms with Crippen molar-refractivity contribution in [1.29, 1.82) is 0 Å². The first-order valence-electron chi connectivity index (χ1n) is 3.30. The van der Waals surface area contributed by atoms with Crippen molar-refractivity contribution in [2.45, 2.75) is 23.8 Å². The fourth-order valence-corrected chi connectivity index (χ4v) is 1.30. The summed E-state index contributed by atoms with van der Waals surface area (Å²) in [6.07, 6.45) is 1.35. The van der Waals surface area contributed by atoms with E-state index in [0.717, 1.165) is 11.8 Å². The maximum atomic E-state index is 10.7. The molecule has 12 heavy (non-hydrogen) atoms. The van der Waals surface area contributed by atoms with Gasteiger partial charge < -0.3 is 5.11 Å². The van der Waals surface area contributed by atoms with Crippen LogP contribution in [0.2, 0.25) is 0 Å². The molecule has 1 aromatic rings. The number of nitrogens with zero attached hydrogens (tertiary/aromatic N) is 2. The zero-order valence-corrected chi connectivity index (χ0v) is 7.55. The Bertz CT molecular complexity index is 270. The maximum absolute atomic E-state index is 10.7. The molecule has 0 fully saturated rings. The Hall–Kier alpha value is -1.04. The third-order valence-corrected chi connectivity index (χ3v) is 2.33. The topological polar surface area (TPSA) is 78.9 Å². The number of carbonyl (C=O) groups is 1. The highest BCUT2D eigenvalue weighted by molar-refractivity contribution is 8.01. The Kier molecular flexibility index (Phi) is 2.37. The molecule has 0 saturated carbocycles. The van der Waals surface area contributed by atoms with Crippen molar-refractivity contribution in [3.63, 3.8) is 0 Å². The van der Waals surface area contributed by atoms with Crippen molar-refractivity contribution in [2.24, 2.45) is 0 Å². The molecule has 0 spiro atoms. The standard InChI is InChI=1S/C6H9N3O2S/c1-6(2,4(10)11)12-5-7-3-8-9-5/h3H,1-2H3,(H,10,11)(H,7,8,9). The number of rotatable bonds is 3. The lowest BCUT2D eigenvalue weighted by molar-refractivity contribution is -0.138. The highest BCUT2D eigenvalue weighted by Crippen LogP contribution is 2.29. The molecule has 1 rings (SSSR count). The SMILES string of the molecule is CC(C)(Sc1ncn[nH]1)C(=O)O. The summed E-state index contributed by atoms with van der Waals surface area (Å²) in [5, 5.41) is 15.5. The van der Waals surface area contributed by atoms with Gasteiger partial charge in [-0.05, 0) is 13.8 Å². The van der Waals surface area contributed by atoms with Crippen LogP contribution in [0.3, 0.4) is 0 Å². The Morgan fingerprint density at radius 1 is 1.75 bits per heavy atom. The first-order valence-corrected chi connectivity index (χ1v) is 4.12. The number of hydrogen-bond acceptors (Lipinski definition) is 4. The van der Waals surface area contributed by atoms with Crippen LogP contribution in [0.4, 0.5) is 0 Å². The molecule has 5 nitrogen and oxygen atoms in total. The van der Waals surface area contributed by atoms with Crippen molar-refractivity contribution in [3.8, 4) is 0 Å². The third kappa shape index (κ3) is 1.97. The third-order valence-electron chi connectivity index (χ3n) is 1.26. The largest absolute Gasteiger partial charge is 0.480 e. The summed E-state index contributed by atoms with van der Waals surface area (Å²) in [6, 6.07) is 0. The molecular formula is C6H9N3O2S. The lowest BCUT2D eigenvalue weighted by Gasteiger charge is -2.15. The molecule has 0 aliphatic carbocycles. The smallest absolute Gasteiger partial charge is 0.319 e. The highest BCUT2D eigenvalue weighted by atomic mass is 32.2. The van der Waals surface area contributed by atoms with Crippen LogP contribution in [0.25, 0.3) is 0 Å². The van der Waals surface area contributed by atoms with E-state index in [4.69, 9.17) is 5.11 Å². The van der Waals surface area contributed by atoms with Crippen molar-refractivity contribution >= 4 is 17.7 Å². The van der Waals surface area contributed by atoms with Gasteiger partial charge in [0.2, 0.25) is 0 Å². The van der Waals surface area contributed by atoms with E-state index < -0.39 is 10.7 Å². The molecule has 0 saturated heterocycles. The summed E-state index contributed by atoms with van der Waals surface area (Å²) in [6.45, 7) is 3.23. The fourth-order valence-electron chi connectivity index (χ4n) is 0.529. The Balaban J connectivity index is 2.69. The molecule has 1 heterocycles. The molecule has 6 heteroatoms. The van der Waals surface area contributed by atoms with Gasteiger partial charge >= 0.3 is 5.97 Å². The predicted octanol–water partition coefficient (Wildman–Crippen LogP) is 0.760. The van der Waals surface area contributed by atoms with Crippen LogP contribution in [0.5, 0.6) is 0 Å². The molecule has 2 N–H and O–H groups in total. The number of aliphatic carboxylic acids is 1. The predicted molar refractivity (Wildman–Crippen MR) is 44.0 cm³/mol. The normalized spacial score (nSPS) is 11.5. The first-order chi connectivity index (χ1) is 5.52. The van der Waals surface area contributed by atoms with Crippen LogP contribution in [0.15, 0.2) is 11.5 Å². The second-order valence-electron chi connectivity index (χ2n) is 2.71. The molecule has 0 aliphatic rings. The Morgan fingerprint density at radius 2 is 2.42 bits per heavy atom. The summed E-state index contributed by atoms with van der Waals surface area (Å²) < 4.78 is -0.875. The van der Waals surface area contributed by atoms with Crippen LogP contribution in [0.1, 0.15) is 13.8 Å². The van der Waals surface area contributed by atoms with E-state index in [1.54, 1.807) is 13.8 Å². The Morgan fingerprint density at radius 3 is 2.83 bits per heavy atom. The molecule has 0 aromatic carbocycles. The van der Waals surface area contributed by atoms with E-state index in [1.807, 2.05) is 0 Å². The zero-order chi connectivity index (χ0) is 9.19. The van der Waals surface area contributed by atoms with E-state index in [0.29, 0.717) is 5.16 Å². The fraction of sp³-hybridized carbons (Fsp3) is 0.500. The number of carboxylic acid groups (broad SMARTS) is 1. The van der Waals surface area contributed by atoms with Gasteiger partial charge in [-0.15, -0.1) is 0 Å². The molecule has 0 aliphatic heterocycles. The molecule has 0 radical (unpaired) electrons. The monoisotopic (exact) mass is 187 g/mol. The summed E-state index contributed by atoms with van der Waals surface area (Å²) in [4.78, 5) is 14.5. The minimum absolute atomic E-state index is 0.516. The average Bonchev–Trinajstić information content (AvgIpc) is 2.38. The van der Waals surface area contributed by atoms with Gasteiger partial charge in [-0.2, -0.15) is 5.10 Å². The van der Waals surface area contributed by atoms with Gasteiger partial charge in [-0.3, -0.25) is 9.89 Å². The molecule has 66 valence electrons.